The zero-order valence-electron chi connectivity index (χ0n) is 7.54. The Hall–Kier alpha value is -0.0800. The minimum atomic E-state index is 1.22. The van der Waals surface area contributed by atoms with Crippen molar-refractivity contribution in [2.24, 2.45) is 0 Å². The minimum Gasteiger partial charge on any atom is -0.130 e. The van der Waals surface area contributed by atoms with E-state index in [9.17, 15) is 0 Å². The molecule has 1 rings (SSSR count). The molecule has 0 saturated heterocycles. The summed E-state index contributed by atoms with van der Waals surface area (Å²) < 4.78 is 0. The standard InChI is InChI=1S/C10H14S2/c1-3-8-12-10-6-4-9(11-2)5-7-10/h4-7H,3,8H2,1-2H3. The molecule has 12 heavy (non-hydrogen) atoms. The van der Waals surface area contributed by atoms with E-state index in [1.807, 2.05) is 11.8 Å². The number of hydrogen-bond donors (Lipinski definition) is 0. The largest absolute Gasteiger partial charge is 0.130 e. The van der Waals surface area contributed by atoms with Gasteiger partial charge in [0.25, 0.3) is 0 Å². The second kappa shape index (κ2) is 5.55. The Balaban J connectivity index is 2.53. The van der Waals surface area contributed by atoms with Crippen LogP contribution in [0.5, 0.6) is 0 Å². The molecule has 0 aliphatic heterocycles. The summed E-state index contributed by atoms with van der Waals surface area (Å²) in [5.74, 6) is 1.22. The van der Waals surface area contributed by atoms with Crippen LogP contribution >= 0.6 is 23.5 Å². The van der Waals surface area contributed by atoms with Crippen LogP contribution in [0.2, 0.25) is 0 Å². The van der Waals surface area contributed by atoms with E-state index >= 15 is 0 Å². The van der Waals surface area contributed by atoms with Crippen LogP contribution in [0.4, 0.5) is 0 Å². The third-order valence-corrected chi connectivity index (χ3v) is 3.49. The van der Waals surface area contributed by atoms with E-state index in [0.29, 0.717) is 0 Å². The van der Waals surface area contributed by atoms with Crippen molar-refractivity contribution in [1.82, 2.24) is 0 Å². The molecule has 2 heteroatoms. The summed E-state index contributed by atoms with van der Waals surface area (Å²) in [6, 6.07) is 8.77. The first-order chi connectivity index (χ1) is 5.86. The van der Waals surface area contributed by atoms with Crippen LogP contribution < -0.4 is 0 Å². The number of hydrogen-bond acceptors (Lipinski definition) is 2. The van der Waals surface area contributed by atoms with Crippen molar-refractivity contribution in [3.63, 3.8) is 0 Å². The summed E-state index contributed by atoms with van der Waals surface area (Å²) in [6.45, 7) is 2.21. The summed E-state index contributed by atoms with van der Waals surface area (Å²) >= 11 is 3.72. The molecular weight excluding hydrogens is 184 g/mol. The zero-order chi connectivity index (χ0) is 8.81. The molecule has 0 radical (unpaired) electrons. The average Bonchev–Trinajstić information content (AvgIpc) is 2.15. The summed E-state index contributed by atoms with van der Waals surface area (Å²) in [6.07, 6.45) is 3.35. The average molecular weight is 198 g/mol. The first-order valence-electron chi connectivity index (χ1n) is 4.13. The van der Waals surface area contributed by atoms with Crippen LogP contribution in [-0.2, 0) is 0 Å². The topological polar surface area (TPSA) is 0 Å². The zero-order valence-corrected chi connectivity index (χ0v) is 9.17. The van der Waals surface area contributed by atoms with Gasteiger partial charge in [-0.25, -0.2) is 0 Å². The maximum Gasteiger partial charge on any atom is 0.00727 e. The van der Waals surface area contributed by atoms with Gasteiger partial charge in [-0.1, -0.05) is 6.92 Å². The van der Waals surface area contributed by atoms with Gasteiger partial charge in [0.05, 0.1) is 0 Å². The van der Waals surface area contributed by atoms with Gasteiger partial charge in [0.15, 0.2) is 0 Å². The number of benzene rings is 1. The lowest BCUT2D eigenvalue weighted by Gasteiger charge is -2.00. The second-order valence-corrected chi connectivity index (χ2v) is 4.57. The third kappa shape index (κ3) is 3.11. The lowest BCUT2D eigenvalue weighted by atomic mass is 10.4. The van der Waals surface area contributed by atoms with Crippen LogP contribution in [0.25, 0.3) is 0 Å². The SMILES string of the molecule is CCCSc1ccc(SC)cc1. The van der Waals surface area contributed by atoms with Gasteiger partial charge >= 0.3 is 0 Å². The lowest BCUT2D eigenvalue weighted by molar-refractivity contribution is 1.10. The molecule has 0 aliphatic carbocycles. The summed E-state index contributed by atoms with van der Waals surface area (Å²) in [5, 5.41) is 0. The Morgan fingerprint density at radius 2 is 1.67 bits per heavy atom. The van der Waals surface area contributed by atoms with Gasteiger partial charge in [0.1, 0.15) is 0 Å². The predicted molar refractivity (Wildman–Crippen MR) is 59.2 cm³/mol. The van der Waals surface area contributed by atoms with Crippen molar-refractivity contribution in [3.05, 3.63) is 24.3 Å². The Labute approximate surface area is 83.1 Å². The molecule has 0 nitrogen and oxygen atoms in total. The molecule has 66 valence electrons. The van der Waals surface area contributed by atoms with Crippen molar-refractivity contribution in [3.8, 4) is 0 Å². The van der Waals surface area contributed by atoms with Gasteiger partial charge in [0.2, 0.25) is 0 Å². The molecule has 0 amide bonds. The van der Waals surface area contributed by atoms with Crippen LogP contribution in [0.3, 0.4) is 0 Å². The van der Waals surface area contributed by atoms with E-state index in [1.165, 1.54) is 22.0 Å². The molecule has 0 aliphatic rings. The number of rotatable bonds is 4. The van der Waals surface area contributed by atoms with Gasteiger partial charge < -0.3 is 0 Å². The molecule has 1 aromatic rings. The Kier molecular flexibility index (Phi) is 4.62. The van der Waals surface area contributed by atoms with E-state index in [-0.39, 0.29) is 0 Å². The fraction of sp³-hybridized carbons (Fsp3) is 0.400. The fourth-order valence-corrected chi connectivity index (χ4v) is 2.07. The first-order valence-corrected chi connectivity index (χ1v) is 6.34. The van der Waals surface area contributed by atoms with Crippen molar-refractivity contribution >= 4 is 23.5 Å². The third-order valence-electron chi connectivity index (χ3n) is 1.53. The Bertz CT molecular complexity index is 216. The van der Waals surface area contributed by atoms with E-state index in [0.717, 1.165) is 0 Å². The van der Waals surface area contributed by atoms with E-state index in [1.54, 1.807) is 11.8 Å². The van der Waals surface area contributed by atoms with E-state index < -0.39 is 0 Å². The van der Waals surface area contributed by atoms with E-state index in [2.05, 4.69) is 37.4 Å². The van der Waals surface area contributed by atoms with Gasteiger partial charge in [-0.3, -0.25) is 0 Å². The molecule has 0 unspecified atom stereocenters. The van der Waals surface area contributed by atoms with Crippen molar-refractivity contribution in [2.45, 2.75) is 23.1 Å². The molecule has 0 fully saturated rings. The molecule has 0 spiro atoms. The predicted octanol–water partition coefficient (Wildman–Crippen LogP) is 3.91. The molecule has 0 heterocycles. The van der Waals surface area contributed by atoms with Crippen LogP contribution in [-0.4, -0.2) is 12.0 Å². The molecule has 0 N–H and O–H groups in total. The van der Waals surface area contributed by atoms with Crippen molar-refractivity contribution in [2.75, 3.05) is 12.0 Å². The fourth-order valence-electron chi connectivity index (χ4n) is 0.892. The molecular formula is C10H14S2. The Morgan fingerprint density at radius 1 is 1.08 bits per heavy atom. The van der Waals surface area contributed by atoms with Gasteiger partial charge in [0, 0.05) is 9.79 Å². The first kappa shape index (κ1) is 10.0. The second-order valence-electron chi connectivity index (χ2n) is 2.52. The number of thioether (sulfide) groups is 2. The monoisotopic (exact) mass is 198 g/mol. The molecule has 0 bridgehead atoms. The summed E-state index contributed by atoms with van der Waals surface area (Å²) in [4.78, 5) is 2.73. The Morgan fingerprint density at radius 3 is 2.17 bits per heavy atom. The highest BCUT2D eigenvalue weighted by Crippen LogP contribution is 2.22. The maximum atomic E-state index is 2.21. The quantitative estimate of drug-likeness (QED) is 0.673. The van der Waals surface area contributed by atoms with Crippen molar-refractivity contribution < 1.29 is 0 Å². The maximum absolute atomic E-state index is 2.21. The smallest absolute Gasteiger partial charge is 0.00727 e. The summed E-state index contributed by atoms with van der Waals surface area (Å²) in [7, 11) is 0. The molecule has 0 saturated carbocycles. The summed E-state index contributed by atoms with van der Waals surface area (Å²) in [5.41, 5.74) is 0. The van der Waals surface area contributed by atoms with Gasteiger partial charge in [-0.05, 0) is 42.7 Å². The molecule has 1 aromatic carbocycles. The van der Waals surface area contributed by atoms with Crippen LogP contribution in [0.15, 0.2) is 34.1 Å². The normalized spacial score (nSPS) is 10.2. The van der Waals surface area contributed by atoms with Gasteiger partial charge in [-0.2, -0.15) is 0 Å². The van der Waals surface area contributed by atoms with Crippen molar-refractivity contribution in [1.29, 1.82) is 0 Å². The highest BCUT2D eigenvalue weighted by Gasteiger charge is 1.92. The highest BCUT2D eigenvalue weighted by atomic mass is 32.2. The minimum absolute atomic E-state index is 1.22. The van der Waals surface area contributed by atoms with Gasteiger partial charge in [-0.15, -0.1) is 23.5 Å². The van der Waals surface area contributed by atoms with Crippen LogP contribution in [0, 0.1) is 0 Å². The highest BCUT2D eigenvalue weighted by molar-refractivity contribution is 7.99. The van der Waals surface area contributed by atoms with E-state index in [4.69, 9.17) is 0 Å². The molecule has 0 aromatic heterocycles. The van der Waals surface area contributed by atoms with Crippen LogP contribution in [0.1, 0.15) is 13.3 Å². The molecule has 0 atom stereocenters. The lowest BCUT2D eigenvalue weighted by Crippen LogP contribution is -1.75.